The molecule has 0 radical (unpaired) electrons. The van der Waals surface area contributed by atoms with Crippen LogP contribution < -0.4 is 10.2 Å². The fraction of sp³-hybridized carbons (Fsp3) is 0.750. The van der Waals surface area contributed by atoms with Gasteiger partial charge in [-0.25, -0.2) is 4.98 Å². The molecule has 1 aliphatic heterocycles. The number of nitrogens with zero attached hydrogens (tertiary/aromatic N) is 3. The van der Waals surface area contributed by atoms with Crippen molar-refractivity contribution >= 4 is 11.6 Å². The van der Waals surface area contributed by atoms with Crippen molar-refractivity contribution in [3.63, 3.8) is 0 Å². The summed E-state index contributed by atoms with van der Waals surface area (Å²) >= 11 is 0. The summed E-state index contributed by atoms with van der Waals surface area (Å²) in [5.41, 5.74) is 0.410. The van der Waals surface area contributed by atoms with Gasteiger partial charge in [-0.2, -0.15) is 0 Å². The molecule has 1 N–H and O–H groups in total. The zero-order valence-electron chi connectivity index (χ0n) is 13.3. The van der Waals surface area contributed by atoms with Gasteiger partial charge in [0.05, 0.1) is 12.4 Å². The van der Waals surface area contributed by atoms with Gasteiger partial charge in [0.25, 0.3) is 0 Å². The number of nitrogens with one attached hydrogen (secondary N) is 1. The molecule has 1 saturated heterocycles. The van der Waals surface area contributed by atoms with Crippen LogP contribution in [-0.4, -0.2) is 29.6 Å². The molecule has 2 heterocycles. The Hall–Kier alpha value is -1.32. The molecule has 0 amide bonds. The number of rotatable bonds is 3. The minimum absolute atomic E-state index is 0.410. The SMILES string of the molecule is CCNc1cncc(N2CCCC(C(C)(C)C)CC2)n1. The molecule has 4 heteroatoms. The average Bonchev–Trinajstić information content (AvgIpc) is 2.64. The minimum Gasteiger partial charge on any atom is -0.369 e. The van der Waals surface area contributed by atoms with E-state index in [2.05, 4.69) is 47.9 Å². The molecule has 4 nitrogen and oxygen atoms in total. The smallest absolute Gasteiger partial charge is 0.149 e. The third-order valence-corrected chi connectivity index (χ3v) is 4.26. The summed E-state index contributed by atoms with van der Waals surface area (Å²) in [6.07, 6.45) is 7.49. The summed E-state index contributed by atoms with van der Waals surface area (Å²) in [7, 11) is 0. The maximum Gasteiger partial charge on any atom is 0.149 e. The predicted molar refractivity (Wildman–Crippen MR) is 85.2 cm³/mol. The van der Waals surface area contributed by atoms with E-state index >= 15 is 0 Å². The summed E-state index contributed by atoms with van der Waals surface area (Å²) < 4.78 is 0. The number of aromatic nitrogens is 2. The lowest BCUT2D eigenvalue weighted by atomic mass is 9.77. The molecule has 0 bridgehead atoms. The first-order chi connectivity index (χ1) is 9.50. The second kappa shape index (κ2) is 6.42. The van der Waals surface area contributed by atoms with E-state index < -0.39 is 0 Å². The van der Waals surface area contributed by atoms with Crippen LogP contribution in [0, 0.1) is 11.3 Å². The Morgan fingerprint density at radius 1 is 1.25 bits per heavy atom. The lowest BCUT2D eigenvalue weighted by Gasteiger charge is -2.29. The van der Waals surface area contributed by atoms with Crippen LogP contribution in [0.3, 0.4) is 0 Å². The van der Waals surface area contributed by atoms with Crippen LogP contribution in [0.25, 0.3) is 0 Å². The van der Waals surface area contributed by atoms with Crippen molar-refractivity contribution in [1.82, 2.24) is 9.97 Å². The lowest BCUT2D eigenvalue weighted by Crippen LogP contribution is -2.27. The molecule has 1 aliphatic rings. The topological polar surface area (TPSA) is 41.1 Å². The Kier molecular flexibility index (Phi) is 4.84. The quantitative estimate of drug-likeness (QED) is 0.916. The summed E-state index contributed by atoms with van der Waals surface area (Å²) in [6.45, 7) is 12.2. The Morgan fingerprint density at radius 3 is 2.75 bits per heavy atom. The Labute approximate surface area is 123 Å². The molecule has 0 saturated carbocycles. The van der Waals surface area contributed by atoms with Gasteiger partial charge in [-0.05, 0) is 37.5 Å². The van der Waals surface area contributed by atoms with Crippen molar-refractivity contribution < 1.29 is 0 Å². The van der Waals surface area contributed by atoms with Crippen molar-refractivity contribution in [3.05, 3.63) is 12.4 Å². The van der Waals surface area contributed by atoms with Crippen molar-refractivity contribution in [2.24, 2.45) is 11.3 Å². The van der Waals surface area contributed by atoms with Crippen molar-refractivity contribution in [2.75, 3.05) is 29.9 Å². The Morgan fingerprint density at radius 2 is 2.05 bits per heavy atom. The van der Waals surface area contributed by atoms with Crippen LogP contribution in [0.5, 0.6) is 0 Å². The van der Waals surface area contributed by atoms with Crippen LogP contribution in [0.4, 0.5) is 11.6 Å². The number of anilines is 2. The van der Waals surface area contributed by atoms with Gasteiger partial charge < -0.3 is 10.2 Å². The highest BCUT2D eigenvalue weighted by Crippen LogP contribution is 2.34. The van der Waals surface area contributed by atoms with E-state index in [0.29, 0.717) is 5.41 Å². The molecule has 1 fully saturated rings. The van der Waals surface area contributed by atoms with Gasteiger partial charge in [0.2, 0.25) is 0 Å². The highest BCUT2D eigenvalue weighted by Gasteiger charge is 2.27. The van der Waals surface area contributed by atoms with Gasteiger partial charge in [-0.15, -0.1) is 0 Å². The first-order valence-corrected chi connectivity index (χ1v) is 7.81. The van der Waals surface area contributed by atoms with Gasteiger partial charge >= 0.3 is 0 Å². The van der Waals surface area contributed by atoms with Crippen molar-refractivity contribution in [1.29, 1.82) is 0 Å². The lowest BCUT2D eigenvalue weighted by molar-refractivity contribution is 0.220. The predicted octanol–water partition coefficient (Wildman–Crippen LogP) is 3.56. The molecular weight excluding hydrogens is 248 g/mol. The second-order valence-corrected chi connectivity index (χ2v) is 6.77. The molecule has 0 aliphatic carbocycles. The Bertz CT molecular complexity index is 425. The summed E-state index contributed by atoms with van der Waals surface area (Å²) in [5.74, 6) is 2.69. The van der Waals surface area contributed by atoms with E-state index in [1.807, 2.05) is 6.20 Å². The zero-order valence-corrected chi connectivity index (χ0v) is 13.3. The molecule has 112 valence electrons. The van der Waals surface area contributed by atoms with E-state index in [0.717, 1.165) is 37.2 Å². The zero-order chi connectivity index (χ0) is 14.6. The maximum absolute atomic E-state index is 4.67. The van der Waals surface area contributed by atoms with Gasteiger partial charge in [-0.3, -0.25) is 4.98 Å². The summed E-state index contributed by atoms with van der Waals surface area (Å²) in [4.78, 5) is 11.4. The molecular formula is C16H28N4. The molecule has 1 atom stereocenters. The molecule has 1 aromatic rings. The van der Waals surface area contributed by atoms with Crippen molar-refractivity contribution in [3.8, 4) is 0 Å². The molecule has 1 aromatic heterocycles. The van der Waals surface area contributed by atoms with Crippen LogP contribution in [0.1, 0.15) is 47.0 Å². The second-order valence-electron chi connectivity index (χ2n) is 6.77. The van der Waals surface area contributed by atoms with E-state index in [1.54, 1.807) is 6.20 Å². The average molecular weight is 276 g/mol. The van der Waals surface area contributed by atoms with Gasteiger partial charge in [0.1, 0.15) is 11.6 Å². The van der Waals surface area contributed by atoms with Crippen LogP contribution >= 0.6 is 0 Å². The number of hydrogen-bond donors (Lipinski definition) is 1. The van der Waals surface area contributed by atoms with Gasteiger partial charge in [0.15, 0.2) is 0 Å². The number of hydrogen-bond acceptors (Lipinski definition) is 4. The molecule has 1 unspecified atom stereocenters. The molecule has 0 aromatic carbocycles. The minimum atomic E-state index is 0.410. The van der Waals surface area contributed by atoms with Gasteiger partial charge in [0, 0.05) is 19.6 Å². The van der Waals surface area contributed by atoms with Crippen LogP contribution in [-0.2, 0) is 0 Å². The largest absolute Gasteiger partial charge is 0.369 e. The highest BCUT2D eigenvalue weighted by molar-refractivity contribution is 5.43. The van der Waals surface area contributed by atoms with E-state index in [1.165, 1.54) is 19.3 Å². The third kappa shape index (κ3) is 3.84. The fourth-order valence-corrected chi connectivity index (χ4v) is 2.97. The van der Waals surface area contributed by atoms with Crippen LogP contribution in [0.15, 0.2) is 12.4 Å². The van der Waals surface area contributed by atoms with E-state index in [9.17, 15) is 0 Å². The van der Waals surface area contributed by atoms with E-state index in [4.69, 9.17) is 0 Å². The first-order valence-electron chi connectivity index (χ1n) is 7.81. The fourth-order valence-electron chi connectivity index (χ4n) is 2.97. The van der Waals surface area contributed by atoms with Crippen LogP contribution in [0.2, 0.25) is 0 Å². The van der Waals surface area contributed by atoms with Crippen molar-refractivity contribution in [2.45, 2.75) is 47.0 Å². The molecule has 2 rings (SSSR count). The first kappa shape index (κ1) is 15.1. The Balaban J connectivity index is 2.05. The maximum atomic E-state index is 4.67. The molecule has 20 heavy (non-hydrogen) atoms. The monoisotopic (exact) mass is 276 g/mol. The normalized spacial score (nSPS) is 20.6. The third-order valence-electron chi connectivity index (χ3n) is 4.26. The molecule has 0 spiro atoms. The standard InChI is InChI=1S/C16H28N4/c1-5-18-14-11-17-12-15(19-14)20-9-6-7-13(8-10-20)16(2,3)4/h11-13H,5-10H2,1-4H3,(H,18,19). The van der Waals surface area contributed by atoms with E-state index in [-0.39, 0.29) is 0 Å². The summed E-state index contributed by atoms with van der Waals surface area (Å²) in [5, 5.41) is 3.24. The summed E-state index contributed by atoms with van der Waals surface area (Å²) in [6, 6.07) is 0. The highest BCUT2D eigenvalue weighted by atomic mass is 15.2. The van der Waals surface area contributed by atoms with Gasteiger partial charge in [-0.1, -0.05) is 20.8 Å².